The van der Waals surface area contributed by atoms with Gasteiger partial charge in [0.2, 0.25) is 0 Å². The van der Waals surface area contributed by atoms with Crippen LogP contribution in [0.15, 0.2) is 29.6 Å². The van der Waals surface area contributed by atoms with E-state index in [1.165, 1.54) is 23.5 Å². The number of nitrogens with zero attached hydrogens (tertiary/aromatic N) is 2. The van der Waals surface area contributed by atoms with Gasteiger partial charge in [0, 0.05) is 30.0 Å². The minimum Gasteiger partial charge on any atom is -0.350 e. The fraction of sp³-hybridized carbons (Fsp3) is 0.526. The second-order valence-corrected chi connectivity index (χ2v) is 7.82. The van der Waals surface area contributed by atoms with Crippen molar-refractivity contribution in [2.45, 2.75) is 31.9 Å². The minimum absolute atomic E-state index is 0.0917. The molecule has 1 aromatic carbocycles. The van der Waals surface area contributed by atoms with Gasteiger partial charge in [-0.15, -0.1) is 11.3 Å². The number of rotatable bonds is 4. The molecule has 0 radical (unpaired) electrons. The van der Waals surface area contributed by atoms with Gasteiger partial charge in [-0.3, -0.25) is 4.90 Å². The van der Waals surface area contributed by atoms with Crippen LogP contribution in [-0.2, 0) is 22.2 Å². The monoisotopic (exact) mass is 398 g/mol. The maximum Gasteiger partial charge on any atom is 0.416 e. The lowest BCUT2D eigenvalue weighted by Gasteiger charge is -2.34. The van der Waals surface area contributed by atoms with Crippen molar-refractivity contribution in [1.82, 2.24) is 9.88 Å². The first kappa shape index (κ1) is 18.9. The van der Waals surface area contributed by atoms with Crippen molar-refractivity contribution < 1.29 is 22.6 Å². The number of thiazole rings is 1. The van der Waals surface area contributed by atoms with E-state index in [4.69, 9.17) is 9.47 Å². The summed E-state index contributed by atoms with van der Waals surface area (Å²) in [6.45, 7) is 4.00. The van der Waals surface area contributed by atoms with Crippen molar-refractivity contribution in [3.63, 3.8) is 0 Å². The standard InChI is InChI=1S/C19H21F3N2O2S/c20-19(21,22)15-5-3-13(4-6-15)17-23-16(12-27-17)11-24-7-1-2-14(10-24)18-25-8-9-26-18/h3-6,12,14,18H,1-2,7-11H2. The van der Waals surface area contributed by atoms with Crippen LogP contribution in [0.3, 0.4) is 0 Å². The summed E-state index contributed by atoms with van der Waals surface area (Å²) in [4.78, 5) is 6.97. The second-order valence-electron chi connectivity index (χ2n) is 6.97. The minimum atomic E-state index is -4.32. The predicted molar refractivity (Wildman–Crippen MR) is 96.2 cm³/mol. The number of halogens is 3. The molecule has 2 saturated heterocycles. The molecule has 1 aromatic heterocycles. The zero-order valence-corrected chi connectivity index (χ0v) is 15.6. The van der Waals surface area contributed by atoms with E-state index < -0.39 is 11.7 Å². The average molecular weight is 398 g/mol. The Hall–Kier alpha value is -1.48. The fourth-order valence-electron chi connectivity index (χ4n) is 3.65. The zero-order chi connectivity index (χ0) is 18.9. The highest BCUT2D eigenvalue weighted by Crippen LogP contribution is 2.32. The van der Waals surface area contributed by atoms with E-state index in [0.29, 0.717) is 24.7 Å². The molecule has 2 fully saturated rings. The Balaban J connectivity index is 1.39. The summed E-state index contributed by atoms with van der Waals surface area (Å²) in [5.41, 5.74) is 1.02. The molecule has 2 aliphatic rings. The van der Waals surface area contributed by atoms with Gasteiger partial charge in [-0.2, -0.15) is 13.2 Å². The van der Waals surface area contributed by atoms with Crippen LogP contribution >= 0.6 is 11.3 Å². The fourth-order valence-corrected chi connectivity index (χ4v) is 4.47. The molecule has 1 unspecified atom stereocenters. The van der Waals surface area contributed by atoms with Crippen LogP contribution in [0, 0.1) is 5.92 Å². The van der Waals surface area contributed by atoms with Gasteiger partial charge in [-0.1, -0.05) is 12.1 Å². The zero-order valence-electron chi connectivity index (χ0n) is 14.7. The van der Waals surface area contributed by atoms with Crippen molar-refractivity contribution >= 4 is 11.3 Å². The molecule has 0 saturated carbocycles. The van der Waals surface area contributed by atoms with Gasteiger partial charge >= 0.3 is 6.18 Å². The lowest BCUT2D eigenvalue weighted by Crippen LogP contribution is -2.40. The SMILES string of the molecule is FC(F)(F)c1ccc(-c2nc(CN3CCCC(C4OCCO4)C3)cs2)cc1. The van der Waals surface area contributed by atoms with Crippen LogP contribution in [0.1, 0.15) is 24.1 Å². The third kappa shape index (κ3) is 4.51. The summed E-state index contributed by atoms with van der Waals surface area (Å²) < 4.78 is 49.4. The Morgan fingerprint density at radius 2 is 1.89 bits per heavy atom. The third-order valence-corrected chi connectivity index (χ3v) is 5.91. The van der Waals surface area contributed by atoms with Gasteiger partial charge in [-0.25, -0.2) is 4.98 Å². The summed E-state index contributed by atoms with van der Waals surface area (Å²) in [5.74, 6) is 0.384. The van der Waals surface area contributed by atoms with Crippen molar-refractivity contribution in [2.75, 3.05) is 26.3 Å². The maximum atomic E-state index is 12.7. The summed E-state index contributed by atoms with van der Waals surface area (Å²) in [6.07, 6.45) is -2.20. The topological polar surface area (TPSA) is 34.6 Å². The number of aromatic nitrogens is 1. The van der Waals surface area contributed by atoms with Crippen LogP contribution in [0.2, 0.25) is 0 Å². The summed E-state index contributed by atoms with van der Waals surface area (Å²) >= 11 is 1.46. The highest BCUT2D eigenvalue weighted by Gasteiger charge is 2.31. The van der Waals surface area contributed by atoms with E-state index in [9.17, 15) is 13.2 Å². The Morgan fingerprint density at radius 3 is 2.59 bits per heavy atom. The first-order chi connectivity index (χ1) is 13.0. The van der Waals surface area contributed by atoms with Gasteiger partial charge < -0.3 is 9.47 Å². The van der Waals surface area contributed by atoms with Gasteiger partial charge in [0.15, 0.2) is 6.29 Å². The van der Waals surface area contributed by atoms with Crippen LogP contribution in [0.25, 0.3) is 10.6 Å². The highest BCUT2D eigenvalue weighted by molar-refractivity contribution is 7.13. The van der Waals surface area contributed by atoms with E-state index in [2.05, 4.69) is 9.88 Å². The van der Waals surface area contributed by atoms with E-state index in [-0.39, 0.29) is 6.29 Å². The van der Waals surface area contributed by atoms with Crippen LogP contribution in [0.5, 0.6) is 0 Å². The van der Waals surface area contributed by atoms with Crippen molar-refractivity contribution in [3.8, 4) is 10.6 Å². The van der Waals surface area contributed by atoms with Crippen LogP contribution in [0.4, 0.5) is 13.2 Å². The molecular formula is C19H21F3N2O2S. The maximum absolute atomic E-state index is 12.7. The summed E-state index contributed by atoms with van der Waals surface area (Å²) in [5, 5.41) is 2.73. The number of benzene rings is 1. The van der Waals surface area contributed by atoms with E-state index in [1.807, 2.05) is 5.38 Å². The molecule has 2 aliphatic heterocycles. The van der Waals surface area contributed by atoms with Gasteiger partial charge in [-0.05, 0) is 31.5 Å². The first-order valence-electron chi connectivity index (χ1n) is 9.06. The Labute approximate surface area is 159 Å². The molecule has 2 aromatic rings. The summed E-state index contributed by atoms with van der Waals surface area (Å²) in [7, 11) is 0. The third-order valence-electron chi connectivity index (χ3n) is 4.97. The van der Waals surface area contributed by atoms with Crippen LogP contribution in [-0.4, -0.2) is 42.5 Å². The lowest BCUT2D eigenvalue weighted by atomic mass is 9.97. The predicted octanol–water partition coefficient (Wildman–Crippen LogP) is 4.41. The molecule has 0 aliphatic carbocycles. The molecule has 146 valence electrons. The largest absolute Gasteiger partial charge is 0.416 e. The molecular weight excluding hydrogens is 377 g/mol. The molecule has 27 heavy (non-hydrogen) atoms. The molecule has 1 atom stereocenters. The quantitative estimate of drug-likeness (QED) is 0.764. The molecule has 4 rings (SSSR count). The van der Waals surface area contributed by atoms with Crippen molar-refractivity contribution in [3.05, 3.63) is 40.9 Å². The lowest BCUT2D eigenvalue weighted by molar-refractivity contribution is -0.137. The second kappa shape index (κ2) is 7.87. The van der Waals surface area contributed by atoms with E-state index >= 15 is 0 Å². The number of hydrogen-bond acceptors (Lipinski definition) is 5. The number of ether oxygens (including phenoxy) is 2. The molecule has 0 amide bonds. The molecule has 4 nitrogen and oxygen atoms in total. The van der Waals surface area contributed by atoms with Gasteiger partial charge in [0.05, 0.1) is 24.5 Å². The first-order valence-corrected chi connectivity index (χ1v) is 9.94. The number of likely N-dealkylation sites (tertiary alicyclic amines) is 1. The van der Waals surface area contributed by atoms with Crippen molar-refractivity contribution in [1.29, 1.82) is 0 Å². The van der Waals surface area contributed by atoms with Crippen LogP contribution < -0.4 is 0 Å². The van der Waals surface area contributed by atoms with Crippen molar-refractivity contribution in [2.24, 2.45) is 5.92 Å². The molecule has 3 heterocycles. The van der Waals surface area contributed by atoms with Gasteiger partial charge in [0.25, 0.3) is 0 Å². The average Bonchev–Trinajstić information content (AvgIpc) is 3.33. The Kier molecular flexibility index (Phi) is 5.50. The molecule has 8 heteroatoms. The van der Waals surface area contributed by atoms with Gasteiger partial charge in [0.1, 0.15) is 5.01 Å². The Bertz CT molecular complexity index is 757. The number of hydrogen-bond donors (Lipinski definition) is 0. The highest BCUT2D eigenvalue weighted by atomic mass is 32.1. The molecule has 0 N–H and O–H groups in total. The molecule has 0 bridgehead atoms. The normalized spacial score (nSPS) is 22.4. The Morgan fingerprint density at radius 1 is 1.15 bits per heavy atom. The van der Waals surface area contributed by atoms with E-state index in [0.717, 1.165) is 55.3 Å². The van der Waals surface area contributed by atoms with E-state index in [1.54, 1.807) is 0 Å². The summed E-state index contributed by atoms with van der Waals surface area (Å²) in [6, 6.07) is 5.18. The number of piperidine rings is 1. The smallest absolute Gasteiger partial charge is 0.350 e. The molecule has 0 spiro atoms. The number of alkyl halides is 3.